The van der Waals surface area contributed by atoms with E-state index in [1.165, 1.54) is 18.2 Å². The van der Waals surface area contributed by atoms with Crippen LogP contribution in [0.2, 0.25) is 0 Å². The molecule has 3 nitrogen and oxygen atoms in total. The quantitative estimate of drug-likeness (QED) is 0.597. The van der Waals surface area contributed by atoms with Gasteiger partial charge in [0.15, 0.2) is 0 Å². The Bertz CT molecular complexity index is 424. The van der Waals surface area contributed by atoms with Gasteiger partial charge >= 0.3 is 0 Å². The lowest BCUT2D eigenvalue weighted by atomic mass is 10.1. The molecule has 0 saturated carbocycles. The minimum absolute atomic E-state index is 0.167. The van der Waals surface area contributed by atoms with Crippen LogP contribution >= 0.6 is 12.6 Å². The summed E-state index contributed by atoms with van der Waals surface area (Å²) in [5.74, 6) is -0.0673. The molecule has 0 heterocycles. The van der Waals surface area contributed by atoms with Crippen molar-refractivity contribution in [2.75, 3.05) is 19.8 Å². The molecular weight excluding hydrogens is 265 g/mol. The molecule has 0 saturated heterocycles. The second-order valence-corrected chi connectivity index (χ2v) is 5.20. The minimum atomic E-state index is -0.433. The van der Waals surface area contributed by atoms with Crippen molar-refractivity contribution in [3.05, 3.63) is 29.6 Å². The summed E-state index contributed by atoms with van der Waals surface area (Å²) in [7, 11) is 0. The number of halogens is 1. The molecule has 1 rings (SSSR count). The molecule has 1 aromatic rings. The van der Waals surface area contributed by atoms with E-state index in [2.05, 4.69) is 31.8 Å². The van der Waals surface area contributed by atoms with Gasteiger partial charge in [0.1, 0.15) is 5.82 Å². The van der Waals surface area contributed by atoms with E-state index in [1.54, 1.807) is 0 Å². The topological polar surface area (TPSA) is 38.3 Å². The van der Waals surface area contributed by atoms with Crippen molar-refractivity contribution in [3.63, 3.8) is 0 Å². The zero-order chi connectivity index (χ0) is 14.3. The summed E-state index contributed by atoms with van der Waals surface area (Å²) in [6, 6.07) is 4.08. The molecular formula is C14H20FNO2S. The summed E-state index contributed by atoms with van der Waals surface area (Å²) in [5.41, 5.74) is 0.397. The van der Waals surface area contributed by atoms with Crippen LogP contribution < -0.4 is 5.32 Å². The third-order valence-corrected chi connectivity index (χ3v) is 2.92. The molecule has 0 aliphatic carbocycles. The molecule has 0 aromatic heterocycles. The fourth-order valence-corrected chi connectivity index (χ4v) is 1.63. The van der Waals surface area contributed by atoms with Crippen molar-refractivity contribution in [2.24, 2.45) is 5.92 Å². The Labute approximate surface area is 118 Å². The maximum Gasteiger partial charge on any atom is 0.251 e. The third-order valence-electron chi connectivity index (χ3n) is 2.58. The van der Waals surface area contributed by atoms with E-state index in [0.29, 0.717) is 31.2 Å². The molecule has 0 atom stereocenters. The van der Waals surface area contributed by atoms with Crippen LogP contribution in [-0.2, 0) is 4.74 Å². The average Bonchev–Trinajstić information content (AvgIpc) is 2.36. The molecule has 0 aliphatic heterocycles. The van der Waals surface area contributed by atoms with Crippen LogP contribution in [0.5, 0.6) is 0 Å². The first-order chi connectivity index (χ1) is 9.00. The normalized spacial score (nSPS) is 10.8. The van der Waals surface area contributed by atoms with Crippen LogP contribution in [0.15, 0.2) is 23.1 Å². The molecule has 0 radical (unpaired) electrons. The maximum absolute atomic E-state index is 13.0. The van der Waals surface area contributed by atoms with Crippen molar-refractivity contribution in [2.45, 2.75) is 25.2 Å². The Balaban J connectivity index is 2.26. The molecule has 5 heteroatoms. The number of carbonyl (C=O) groups is 1. The molecule has 0 bridgehead atoms. The monoisotopic (exact) mass is 285 g/mol. The van der Waals surface area contributed by atoms with Crippen molar-refractivity contribution in [3.8, 4) is 0 Å². The van der Waals surface area contributed by atoms with Crippen molar-refractivity contribution in [1.82, 2.24) is 5.32 Å². The number of nitrogens with one attached hydrogen (secondary N) is 1. The van der Waals surface area contributed by atoms with Gasteiger partial charge < -0.3 is 10.1 Å². The second-order valence-electron chi connectivity index (χ2n) is 4.72. The molecule has 1 aromatic carbocycles. The van der Waals surface area contributed by atoms with E-state index in [1.807, 2.05) is 0 Å². The van der Waals surface area contributed by atoms with Crippen LogP contribution in [0.25, 0.3) is 0 Å². The lowest BCUT2D eigenvalue weighted by molar-refractivity contribution is 0.0905. The summed E-state index contributed by atoms with van der Waals surface area (Å²) < 4.78 is 18.4. The Hall–Kier alpha value is -1.07. The van der Waals surface area contributed by atoms with E-state index in [4.69, 9.17) is 4.74 Å². The Morgan fingerprint density at radius 1 is 1.42 bits per heavy atom. The number of carbonyl (C=O) groups excluding carboxylic acids is 1. The summed E-state index contributed by atoms with van der Waals surface area (Å²) >= 11 is 3.94. The number of amides is 1. The summed E-state index contributed by atoms with van der Waals surface area (Å²) in [6.45, 7) is 5.89. The largest absolute Gasteiger partial charge is 0.380 e. The van der Waals surface area contributed by atoms with Gasteiger partial charge in [-0.1, -0.05) is 13.8 Å². The number of benzene rings is 1. The molecule has 0 aliphatic rings. The zero-order valence-electron chi connectivity index (χ0n) is 11.3. The average molecular weight is 285 g/mol. The highest BCUT2D eigenvalue weighted by Crippen LogP contribution is 2.13. The van der Waals surface area contributed by atoms with Gasteiger partial charge in [-0.2, -0.15) is 0 Å². The van der Waals surface area contributed by atoms with Gasteiger partial charge in [0.2, 0.25) is 0 Å². The SMILES string of the molecule is CC(C)CCOCCNC(=O)c1ccc(F)c(S)c1. The van der Waals surface area contributed by atoms with Gasteiger partial charge in [-0.25, -0.2) is 4.39 Å². The molecule has 1 N–H and O–H groups in total. The van der Waals surface area contributed by atoms with Gasteiger partial charge in [-0.05, 0) is 30.5 Å². The van der Waals surface area contributed by atoms with Crippen molar-refractivity contribution < 1.29 is 13.9 Å². The smallest absolute Gasteiger partial charge is 0.251 e. The summed E-state index contributed by atoms with van der Waals surface area (Å²) in [4.78, 5) is 11.9. The summed E-state index contributed by atoms with van der Waals surface area (Å²) in [6.07, 6.45) is 1.01. The number of ether oxygens (including phenoxy) is 1. The van der Waals surface area contributed by atoms with Crippen LogP contribution in [0.3, 0.4) is 0 Å². The van der Waals surface area contributed by atoms with E-state index < -0.39 is 5.82 Å². The van der Waals surface area contributed by atoms with E-state index in [0.717, 1.165) is 6.42 Å². The predicted molar refractivity (Wildman–Crippen MR) is 76.3 cm³/mol. The zero-order valence-corrected chi connectivity index (χ0v) is 12.2. The maximum atomic E-state index is 13.0. The van der Waals surface area contributed by atoms with E-state index >= 15 is 0 Å². The molecule has 1 amide bonds. The number of hydrogen-bond donors (Lipinski definition) is 2. The second kappa shape index (κ2) is 8.17. The lowest BCUT2D eigenvalue weighted by Gasteiger charge is -2.08. The first-order valence-corrected chi connectivity index (χ1v) is 6.80. The molecule has 0 spiro atoms. The van der Waals surface area contributed by atoms with Crippen molar-refractivity contribution >= 4 is 18.5 Å². The van der Waals surface area contributed by atoms with Crippen molar-refractivity contribution in [1.29, 1.82) is 0 Å². The Kier molecular flexibility index (Phi) is 6.87. The van der Waals surface area contributed by atoms with Gasteiger partial charge in [-0.3, -0.25) is 4.79 Å². The number of rotatable bonds is 7. The van der Waals surface area contributed by atoms with Gasteiger partial charge in [0.25, 0.3) is 5.91 Å². The van der Waals surface area contributed by atoms with E-state index in [9.17, 15) is 9.18 Å². The highest BCUT2D eigenvalue weighted by atomic mass is 32.1. The summed E-state index contributed by atoms with van der Waals surface area (Å²) in [5, 5.41) is 2.71. The first kappa shape index (κ1) is 16.0. The fraction of sp³-hybridized carbons (Fsp3) is 0.500. The van der Waals surface area contributed by atoms with E-state index in [-0.39, 0.29) is 10.8 Å². The Morgan fingerprint density at radius 2 is 2.16 bits per heavy atom. The number of thiol groups is 1. The van der Waals surface area contributed by atoms with Gasteiger partial charge in [0.05, 0.1) is 6.61 Å². The highest BCUT2D eigenvalue weighted by Gasteiger charge is 2.07. The first-order valence-electron chi connectivity index (χ1n) is 6.35. The lowest BCUT2D eigenvalue weighted by Crippen LogP contribution is -2.27. The van der Waals surface area contributed by atoms with Gasteiger partial charge in [0, 0.05) is 23.6 Å². The Morgan fingerprint density at radius 3 is 2.79 bits per heavy atom. The standard InChI is InChI=1S/C14H20FNO2S/c1-10(2)5-7-18-8-6-16-14(17)11-3-4-12(15)13(19)9-11/h3-4,9-10,19H,5-8H2,1-2H3,(H,16,17). The van der Waals surface area contributed by atoms with Crippen LogP contribution in [-0.4, -0.2) is 25.7 Å². The molecule has 19 heavy (non-hydrogen) atoms. The minimum Gasteiger partial charge on any atom is -0.380 e. The van der Waals surface area contributed by atoms with Crippen LogP contribution in [0.4, 0.5) is 4.39 Å². The molecule has 0 fully saturated rings. The number of hydrogen-bond acceptors (Lipinski definition) is 3. The fourth-order valence-electron chi connectivity index (χ4n) is 1.41. The van der Waals surface area contributed by atoms with Crippen LogP contribution in [0.1, 0.15) is 30.6 Å². The van der Waals surface area contributed by atoms with Gasteiger partial charge in [-0.15, -0.1) is 12.6 Å². The third kappa shape index (κ3) is 6.07. The van der Waals surface area contributed by atoms with Crippen LogP contribution in [0, 0.1) is 11.7 Å². The predicted octanol–water partition coefficient (Wildman–Crippen LogP) is 2.91. The molecule has 0 unspecified atom stereocenters. The molecule has 106 valence electrons. The highest BCUT2D eigenvalue weighted by molar-refractivity contribution is 7.80.